The number of nitrogens with zero attached hydrogens (tertiary/aromatic N) is 2. The number of hydrogen-bond acceptors (Lipinski definition) is 2. The van der Waals surface area contributed by atoms with Crippen LogP contribution >= 0.6 is 11.6 Å². The first-order chi connectivity index (χ1) is 8.13. The summed E-state index contributed by atoms with van der Waals surface area (Å²) in [6, 6.07) is 6.07. The molecule has 0 amide bonds. The molecule has 1 N–H and O–H groups in total. The highest BCUT2D eigenvalue weighted by Gasteiger charge is 2.14. The lowest BCUT2D eigenvalue weighted by Crippen LogP contribution is -2.02. The summed E-state index contributed by atoms with van der Waals surface area (Å²) in [6.07, 6.45) is 0.442. The normalized spacial score (nSPS) is 10.8. The highest BCUT2D eigenvalue weighted by molar-refractivity contribution is 6.32. The second kappa shape index (κ2) is 4.85. The summed E-state index contributed by atoms with van der Waals surface area (Å²) >= 11 is 6.05. The van der Waals surface area contributed by atoms with Crippen LogP contribution in [0.2, 0.25) is 5.15 Å². The van der Waals surface area contributed by atoms with Crippen LogP contribution in [-0.2, 0) is 13.5 Å². The van der Waals surface area contributed by atoms with Crippen LogP contribution in [0.25, 0.3) is 11.3 Å². The fourth-order valence-electron chi connectivity index (χ4n) is 1.75. The van der Waals surface area contributed by atoms with E-state index in [0.717, 1.165) is 11.3 Å². The SMILES string of the molecule is Cn1c(CCO)nc(Cl)c1-c1ccc(F)cc1. The Labute approximate surface area is 103 Å². The van der Waals surface area contributed by atoms with Gasteiger partial charge >= 0.3 is 0 Å². The molecule has 2 rings (SSSR count). The van der Waals surface area contributed by atoms with E-state index in [-0.39, 0.29) is 12.4 Å². The summed E-state index contributed by atoms with van der Waals surface area (Å²) in [5.41, 5.74) is 1.53. The van der Waals surface area contributed by atoms with Crippen molar-refractivity contribution >= 4 is 11.6 Å². The molecular formula is C12H12ClFN2O. The van der Waals surface area contributed by atoms with E-state index in [1.807, 2.05) is 11.6 Å². The Kier molecular flexibility index (Phi) is 3.45. The maximum atomic E-state index is 12.8. The maximum Gasteiger partial charge on any atom is 0.155 e. The molecule has 2 aromatic rings. The molecule has 0 saturated heterocycles. The first-order valence-electron chi connectivity index (χ1n) is 5.21. The number of rotatable bonds is 3. The van der Waals surface area contributed by atoms with E-state index in [2.05, 4.69) is 4.98 Å². The Bertz CT molecular complexity index is 522. The van der Waals surface area contributed by atoms with E-state index in [0.29, 0.717) is 17.4 Å². The monoisotopic (exact) mass is 254 g/mol. The van der Waals surface area contributed by atoms with Crippen molar-refractivity contribution < 1.29 is 9.50 Å². The number of hydrogen-bond donors (Lipinski definition) is 1. The molecule has 0 aliphatic heterocycles. The fraction of sp³-hybridized carbons (Fsp3) is 0.250. The number of aliphatic hydroxyl groups is 1. The van der Waals surface area contributed by atoms with Gasteiger partial charge < -0.3 is 9.67 Å². The lowest BCUT2D eigenvalue weighted by molar-refractivity contribution is 0.295. The van der Waals surface area contributed by atoms with Gasteiger partial charge in [0.25, 0.3) is 0 Å². The molecule has 90 valence electrons. The van der Waals surface area contributed by atoms with Gasteiger partial charge in [-0.2, -0.15) is 0 Å². The van der Waals surface area contributed by atoms with Crippen molar-refractivity contribution in [3.63, 3.8) is 0 Å². The molecule has 1 heterocycles. The van der Waals surface area contributed by atoms with Crippen LogP contribution in [0.4, 0.5) is 4.39 Å². The smallest absolute Gasteiger partial charge is 0.155 e. The van der Waals surface area contributed by atoms with Gasteiger partial charge in [0.05, 0.1) is 12.3 Å². The zero-order valence-corrected chi connectivity index (χ0v) is 10.1. The van der Waals surface area contributed by atoms with Gasteiger partial charge in [-0.05, 0) is 24.3 Å². The van der Waals surface area contributed by atoms with Crippen LogP contribution in [-0.4, -0.2) is 21.3 Å². The van der Waals surface area contributed by atoms with Gasteiger partial charge in [0.2, 0.25) is 0 Å². The third kappa shape index (κ3) is 2.33. The van der Waals surface area contributed by atoms with Crippen LogP contribution in [0.3, 0.4) is 0 Å². The predicted octanol–water partition coefficient (Wildman–Crippen LogP) is 2.41. The van der Waals surface area contributed by atoms with Crippen LogP contribution < -0.4 is 0 Å². The summed E-state index contributed by atoms with van der Waals surface area (Å²) in [7, 11) is 1.82. The Hall–Kier alpha value is -1.39. The zero-order valence-electron chi connectivity index (χ0n) is 9.32. The topological polar surface area (TPSA) is 38.0 Å². The van der Waals surface area contributed by atoms with E-state index in [1.165, 1.54) is 12.1 Å². The van der Waals surface area contributed by atoms with E-state index in [4.69, 9.17) is 16.7 Å². The van der Waals surface area contributed by atoms with Gasteiger partial charge in [-0.15, -0.1) is 0 Å². The van der Waals surface area contributed by atoms with Crippen LogP contribution in [0, 0.1) is 5.82 Å². The number of aromatic nitrogens is 2. The maximum absolute atomic E-state index is 12.8. The predicted molar refractivity (Wildman–Crippen MR) is 64.4 cm³/mol. The Morgan fingerprint density at radius 2 is 2.00 bits per heavy atom. The molecule has 17 heavy (non-hydrogen) atoms. The zero-order chi connectivity index (χ0) is 12.4. The van der Waals surface area contributed by atoms with Crippen molar-refractivity contribution in [1.82, 2.24) is 9.55 Å². The Morgan fingerprint density at radius 1 is 1.35 bits per heavy atom. The number of aliphatic hydroxyl groups excluding tert-OH is 1. The van der Waals surface area contributed by atoms with Gasteiger partial charge in [-0.3, -0.25) is 0 Å². The minimum atomic E-state index is -0.289. The summed E-state index contributed by atoms with van der Waals surface area (Å²) < 4.78 is 14.7. The van der Waals surface area contributed by atoms with E-state index in [1.54, 1.807) is 12.1 Å². The summed E-state index contributed by atoms with van der Waals surface area (Å²) in [4.78, 5) is 4.17. The second-order valence-electron chi connectivity index (χ2n) is 3.71. The van der Waals surface area contributed by atoms with Crippen molar-refractivity contribution in [2.24, 2.45) is 7.05 Å². The highest BCUT2D eigenvalue weighted by atomic mass is 35.5. The molecule has 0 radical (unpaired) electrons. The van der Waals surface area contributed by atoms with Gasteiger partial charge in [0.15, 0.2) is 5.15 Å². The highest BCUT2D eigenvalue weighted by Crippen LogP contribution is 2.28. The van der Waals surface area contributed by atoms with E-state index >= 15 is 0 Å². The molecule has 0 bridgehead atoms. The van der Waals surface area contributed by atoms with Gasteiger partial charge in [0, 0.05) is 19.0 Å². The first-order valence-corrected chi connectivity index (χ1v) is 5.59. The molecule has 1 aromatic heterocycles. The Morgan fingerprint density at radius 3 is 2.59 bits per heavy atom. The second-order valence-corrected chi connectivity index (χ2v) is 4.06. The largest absolute Gasteiger partial charge is 0.396 e. The van der Waals surface area contributed by atoms with Crippen molar-refractivity contribution in [3.8, 4) is 11.3 Å². The minimum Gasteiger partial charge on any atom is -0.396 e. The molecule has 0 spiro atoms. The summed E-state index contributed by atoms with van der Waals surface area (Å²) in [6.45, 7) is 0.0179. The van der Waals surface area contributed by atoms with Crippen LogP contribution in [0.15, 0.2) is 24.3 Å². The van der Waals surface area contributed by atoms with Crippen LogP contribution in [0.1, 0.15) is 5.82 Å². The average Bonchev–Trinajstić information content (AvgIpc) is 2.57. The number of halogens is 2. The lowest BCUT2D eigenvalue weighted by Gasteiger charge is -2.05. The molecule has 0 saturated carbocycles. The number of benzene rings is 1. The van der Waals surface area contributed by atoms with Crippen molar-refractivity contribution in [3.05, 3.63) is 41.1 Å². The van der Waals surface area contributed by atoms with E-state index in [9.17, 15) is 4.39 Å². The first kappa shape index (κ1) is 12.1. The third-order valence-electron chi connectivity index (χ3n) is 2.60. The standard InChI is InChI=1S/C12H12ClFN2O/c1-16-10(6-7-17)15-12(13)11(16)8-2-4-9(14)5-3-8/h2-5,17H,6-7H2,1H3. The van der Waals surface area contributed by atoms with Gasteiger partial charge in [0.1, 0.15) is 11.6 Å². The van der Waals surface area contributed by atoms with Crippen molar-refractivity contribution in [2.45, 2.75) is 6.42 Å². The lowest BCUT2D eigenvalue weighted by atomic mass is 10.1. The minimum absolute atomic E-state index is 0.0179. The Balaban J connectivity index is 2.48. The van der Waals surface area contributed by atoms with Crippen molar-refractivity contribution in [1.29, 1.82) is 0 Å². The molecule has 0 unspecified atom stereocenters. The third-order valence-corrected chi connectivity index (χ3v) is 2.86. The van der Waals surface area contributed by atoms with Crippen LogP contribution in [0.5, 0.6) is 0 Å². The molecule has 3 nitrogen and oxygen atoms in total. The van der Waals surface area contributed by atoms with Gasteiger partial charge in [-0.1, -0.05) is 11.6 Å². The molecule has 5 heteroatoms. The van der Waals surface area contributed by atoms with E-state index < -0.39 is 0 Å². The summed E-state index contributed by atoms with van der Waals surface area (Å²) in [5.74, 6) is 0.416. The summed E-state index contributed by atoms with van der Waals surface area (Å²) in [5, 5.41) is 9.27. The molecule has 0 atom stereocenters. The fourth-order valence-corrected chi connectivity index (χ4v) is 2.09. The molecule has 0 fully saturated rings. The molecule has 0 aliphatic carbocycles. The quantitative estimate of drug-likeness (QED) is 0.914. The number of imidazole rings is 1. The molecule has 0 aliphatic rings. The molecular weight excluding hydrogens is 243 g/mol. The van der Waals surface area contributed by atoms with Crippen molar-refractivity contribution in [2.75, 3.05) is 6.61 Å². The average molecular weight is 255 g/mol. The molecule has 1 aromatic carbocycles. The van der Waals surface area contributed by atoms with Gasteiger partial charge in [-0.25, -0.2) is 9.37 Å².